The minimum atomic E-state index is -0.233. The highest BCUT2D eigenvalue weighted by molar-refractivity contribution is 7.80. The summed E-state index contributed by atoms with van der Waals surface area (Å²) in [6.45, 7) is 3.54. The van der Waals surface area contributed by atoms with E-state index in [1.807, 2.05) is 0 Å². The highest BCUT2D eigenvalue weighted by Crippen LogP contribution is 2.36. The van der Waals surface area contributed by atoms with Crippen molar-refractivity contribution in [2.75, 3.05) is 27.4 Å². The summed E-state index contributed by atoms with van der Waals surface area (Å²) in [5.74, 6) is 0.101. The van der Waals surface area contributed by atoms with E-state index in [1.54, 1.807) is 14.2 Å². The molecule has 0 bridgehead atoms. The quantitative estimate of drug-likeness (QED) is 0.795. The highest BCUT2D eigenvalue weighted by Gasteiger charge is 2.34. The average molecular weight is 294 g/mol. The lowest BCUT2D eigenvalue weighted by Gasteiger charge is -2.36. The van der Waals surface area contributed by atoms with Crippen LogP contribution in [0.3, 0.4) is 0 Å². The molecule has 0 spiro atoms. The van der Waals surface area contributed by atoms with Crippen LogP contribution >= 0.6 is 12.2 Å². The van der Waals surface area contributed by atoms with Crippen molar-refractivity contribution in [2.24, 2.45) is 0 Å². The molecule has 1 fully saturated rings. The minimum absolute atomic E-state index is 0.101. The Labute approximate surface area is 126 Å². The fourth-order valence-electron chi connectivity index (χ4n) is 2.72. The molecule has 0 amide bonds. The van der Waals surface area contributed by atoms with Gasteiger partial charge in [-0.15, -0.1) is 0 Å². The smallest absolute Gasteiger partial charge is 0.166 e. The first-order chi connectivity index (χ1) is 9.63. The van der Waals surface area contributed by atoms with Crippen LogP contribution in [-0.4, -0.2) is 32.5 Å². The van der Waals surface area contributed by atoms with E-state index in [4.69, 9.17) is 26.4 Å². The second-order valence-corrected chi connectivity index (χ2v) is 5.58. The van der Waals surface area contributed by atoms with Crippen molar-refractivity contribution < 1.29 is 14.2 Å². The molecule has 0 aromatic heterocycles. The van der Waals surface area contributed by atoms with Crippen molar-refractivity contribution in [1.29, 1.82) is 0 Å². The molecule has 1 saturated heterocycles. The van der Waals surface area contributed by atoms with Crippen molar-refractivity contribution >= 4 is 17.3 Å². The maximum atomic E-state index is 5.84. The SMILES string of the molecule is COC(=S)C(C)c1cccc(C2(OC)CCOCC2)c1. The third kappa shape index (κ3) is 3.03. The first-order valence-corrected chi connectivity index (χ1v) is 7.35. The van der Waals surface area contributed by atoms with Gasteiger partial charge in [-0.3, -0.25) is 0 Å². The normalized spacial score (nSPS) is 19.4. The van der Waals surface area contributed by atoms with Crippen LogP contribution in [0.5, 0.6) is 0 Å². The van der Waals surface area contributed by atoms with Crippen LogP contribution in [0.2, 0.25) is 0 Å². The second-order valence-electron chi connectivity index (χ2n) is 5.18. The molecular weight excluding hydrogens is 272 g/mol. The number of hydrogen-bond acceptors (Lipinski definition) is 4. The second kappa shape index (κ2) is 6.66. The fourth-order valence-corrected chi connectivity index (χ4v) is 2.85. The first kappa shape index (κ1) is 15.4. The van der Waals surface area contributed by atoms with Crippen molar-refractivity contribution in [2.45, 2.75) is 31.3 Å². The highest BCUT2D eigenvalue weighted by atomic mass is 32.1. The summed E-state index contributed by atoms with van der Waals surface area (Å²) >= 11 is 5.24. The van der Waals surface area contributed by atoms with Gasteiger partial charge in [0.05, 0.1) is 12.7 Å². The maximum Gasteiger partial charge on any atom is 0.166 e. The molecule has 2 rings (SSSR count). The van der Waals surface area contributed by atoms with Gasteiger partial charge in [0.15, 0.2) is 5.05 Å². The van der Waals surface area contributed by atoms with Crippen LogP contribution in [0.1, 0.15) is 36.8 Å². The predicted molar refractivity (Wildman–Crippen MR) is 83.2 cm³/mol. The molecule has 0 N–H and O–H groups in total. The van der Waals surface area contributed by atoms with E-state index >= 15 is 0 Å². The predicted octanol–water partition coefficient (Wildman–Crippen LogP) is 3.42. The number of benzene rings is 1. The lowest BCUT2D eigenvalue weighted by molar-refractivity contribution is -0.0948. The van der Waals surface area contributed by atoms with Gasteiger partial charge in [0, 0.05) is 39.1 Å². The third-order valence-electron chi connectivity index (χ3n) is 4.16. The largest absolute Gasteiger partial charge is 0.490 e. The van der Waals surface area contributed by atoms with Crippen molar-refractivity contribution in [1.82, 2.24) is 0 Å². The van der Waals surface area contributed by atoms with E-state index in [0.717, 1.165) is 31.6 Å². The van der Waals surface area contributed by atoms with Crippen LogP contribution < -0.4 is 0 Å². The van der Waals surface area contributed by atoms with Gasteiger partial charge in [0.1, 0.15) is 0 Å². The zero-order valence-electron chi connectivity index (χ0n) is 12.3. The Morgan fingerprint density at radius 1 is 1.30 bits per heavy atom. The van der Waals surface area contributed by atoms with Gasteiger partial charge in [0.25, 0.3) is 0 Å². The lowest BCUT2D eigenvalue weighted by atomic mass is 9.84. The molecule has 110 valence electrons. The van der Waals surface area contributed by atoms with Crippen molar-refractivity contribution in [3.8, 4) is 0 Å². The van der Waals surface area contributed by atoms with Crippen LogP contribution in [0.15, 0.2) is 24.3 Å². The van der Waals surface area contributed by atoms with E-state index in [2.05, 4.69) is 31.2 Å². The Kier molecular flexibility index (Phi) is 5.13. The van der Waals surface area contributed by atoms with Gasteiger partial charge in [0.2, 0.25) is 0 Å². The lowest BCUT2D eigenvalue weighted by Crippen LogP contribution is -2.35. The number of hydrogen-bond donors (Lipinski definition) is 0. The van der Waals surface area contributed by atoms with Gasteiger partial charge in [-0.1, -0.05) is 31.2 Å². The van der Waals surface area contributed by atoms with Gasteiger partial charge in [-0.05, 0) is 23.3 Å². The summed E-state index contributed by atoms with van der Waals surface area (Å²) in [4.78, 5) is 0. The number of ether oxygens (including phenoxy) is 3. The molecule has 1 aliphatic heterocycles. The zero-order valence-corrected chi connectivity index (χ0v) is 13.2. The number of thiocarbonyl (C=S) groups is 1. The van der Waals surface area contributed by atoms with Gasteiger partial charge in [-0.2, -0.15) is 0 Å². The van der Waals surface area contributed by atoms with Gasteiger partial charge in [-0.25, -0.2) is 0 Å². The Hall–Kier alpha value is -0.970. The average Bonchev–Trinajstić information content (AvgIpc) is 2.54. The number of rotatable bonds is 4. The standard InChI is InChI=1S/C16H22O3S/c1-12(15(20)17-2)13-5-4-6-14(11-13)16(18-3)7-9-19-10-8-16/h4-6,11-12H,7-10H2,1-3H3. The molecule has 4 heteroatoms. The van der Waals surface area contributed by atoms with E-state index in [-0.39, 0.29) is 11.5 Å². The summed E-state index contributed by atoms with van der Waals surface area (Å²) in [6.07, 6.45) is 1.77. The summed E-state index contributed by atoms with van der Waals surface area (Å²) in [5.41, 5.74) is 2.13. The Balaban J connectivity index is 2.30. The zero-order chi connectivity index (χ0) is 14.6. The maximum absolute atomic E-state index is 5.84. The van der Waals surface area contributed by atoms with Gasteiger partial charge >= 0.3 is 0 Å². The molecule has 0 aliphatic carbocycles. The summed E-state index contributed by atoms with van der Waals surface area (Å²) < 4.78 is 16.5. The molecule has 3 nitrogen and oxygen atoms in total. The summed E-state index contributed by atoms with van der Waals surface area (Å²) in [7, 11) is 3.40. The Bertz CT molecular complexity index is 467. The molecule has 1 unspecified atom stereocenters. The molecule has 1 atom stereocenters. The van der Waals surface area contributed by atoms with Crippen LogP contribution in [0, 0.1) is 0 Å². The van der Waals surface area contributed by atoms with E-state index in [0.29, 0.717) is 5.05 Å². The summed E-state index contributed by atoms with van der Waals surface area (Å²) in [6, 6.07) is 8.46. The minimum Gasteiger partial charge on any atom is -0.490 e. The number of methoxy groups -OCH3 is 2. The van der Waals surface area contributed by atoms with Crippen molar-refractivity contribution in [3.63, 3.8) is 0 Å². The molecular formula is C16H22O3S. The fraction of sp³-hybridized carbons (Fsp3) is 0.562. The molecule has 0 radical (unpaired) electrons. The topological polar surface area (TPSA) is 27.7 Å². The van der Waals surface area contributed by atoms with E-state index in [1.165, 1.54) is 5.56 Å². The molecule has 20 heavy (non-hydrogen) atoms. The van der Waals surface area contributed by atoms with Crippen molar-refractivity contribution in [3.05, 3.63) is 35.4 Å². The third-order valence-corrected chi connectivity index (χ3v) is 4.68. The molecule has 1 aromatic rings. The summed E-state index contributed by atoms with van der Waals surface area (Å²) in [5, 5.41) is 0.612. The van der Waals surface area contributed by atoms with E-state index in [9.17, 15) is 0 Å². The molecule has 1 heterocycles. The molecule has 1 aromatic carbocycles. The van der Waals surface area contributed by atoms with Crippen LogP contribution in [0.4, 0.5) is 0 Å². The first-order valence-electron chi connectivity index (χ1n) is 6.94. The molecule has 1 aliphatic rings. The van der Waals surface area contributed by atoms with E-state index < -0.39 is 0 Å². The van der Waals surface area contributed by atoms with Gasteiger partial charge < -0.3 is 14.2 Å². The molecule has 0 saturated carbocycles. The Morgan fingerprint density at radius 3 is 2.60 bits per heavy atom. The monoisotopic (exact) mass is 294 g/mol. The Morgan fingerprint density at radius 2 is 2.00 bits per heavy atom. The van der Waals surface area contributed by atoms with Crippen LogP contribution in [-0.2, 0) is 19.8 Å². The van der Waals surface area contributed by atoms with Crippen LogP contribution in [0.25, 0.3) is 0 Å².